The third-order valence-corrected chi connectivity index (χ3v) is 2.44. The van der Waals surface area contributed by atoms with Gasteiger partial charge in [0, 0.05) is 0 Å². The first-order valence-corrected chi connectivity index (χ1v) is 5.25. The van der Waals surface area contributed by atoms with Gasteiger partial charge in [-0.05, 0) is 24.3 Å². The average molecular weight is 163 g/mol. The van der Waals surface area contributed by atoms with E-state index in [2.05, 4.69) is 6.92 Å². The van der Waals surface area contributed by atoms with E-state index in [0.717, 1.165) is 19.0 Å². The van der Waals surface area contributed by atoms with Gasteiger partial charge in [0.2, 0.25) is 0 Å². The zero-order valence-electron chi connectivity index (χ0n) is 6.80. The van der Waals surface area contributed by atoms with Gasteiger partial charge in [0.15, 0.2) is 6.16 Å². The van der Waals surface area contributed by atoms with E-state index < -0.39 is 8.03 Å². The molecule has 1 atom stereocenters. The second-order valence-electron chi connectivity index (χ2n) is 2.18. The van der Waals surface area contributed by atoms with Crippen LogP contribution in [0.2, 0.25) is 0 Å². The first kappa shape index (κ1) is 10.1. The highest BCUT2D eigenvalue weighted by Crippen LogP contribution is 2.23. The zero-order chi connectivity index (χ0) is 7.82. The molecule has 0 saturated heterocycles. The van der Waals surface area contributed by atoms with Crippen LogP contribution in [0.3, 0.4) is 0 Å². The van der Waals surface area contributed by atoms with Crippen molar-refractivity contribution in [1.82, 2.24) is 0 Å². The van der Waals surface area contributed by atoms with Crippen molar-refractivity contribution in [2.75, 3.05) is 12.8 Å². The van der Waals surface area contributed by atoms with Crippen molar-refractivity contribution in [3.05, 3.63) is 0 Å². The largest absolute Gasteiger partial charge is 0.508 e. The lowest BCUT2D eigenvalue weighted by atomic mass is 10.3. The van der Waals surface area contributed by atoms with Gasteiger partial charge in [0.1, 0.15) is 0 Å². The molecule has 2 nitrogen and oxygen atoms in total. The molecule has 60 valence electrons. The fraction of sp³-hybridized carbons (Fsp3) is 1.00. The lowest BCUT2D eigenvalue weighted by Crippen LogP contribution is -1.83. The molecule has 0 aliphatic heterocycles. The second-order valence-corrected chi connectivity index (χ2v) is 3.55. The normalized spacial score (nSPS) is 11.6. The smallest absolute Gasteiger partial charge is 0.147 e. The average Bonchev–Trinajstić information content (AvgIpc) is 1.89. The Hall–Kier alpha value is 0.0600. The molecule has 10 heavy (non-hydrogen) atoms. The molecule has 0 spiro atoms. The van der Waals surface area contributed by atoms with Crippen LogP contribution in [0.5, 0.6) is 0 Å². The highest BCUT2D eigenvalue weighted by Gasteiger charge is 2.13. The van der Waals surface area contributed by atoms with Gasteiger partial charge >= 0.3 is 8.03 Å². The van der Waals surface area contributed by atoms with Crippen LogP contribution in [0.15, 0.2) is 0 Å². The van der Waals surface area contributed by atoms with Gasteiger partial charge in [-0.15, -0.1) is 4.52 Å². The molecule has 0 amide bonds. The third-order valence-electron chi connectivity index (χ3n) is 1.22. The Morgan fingerprint density at radius 2 is 2.00 bits per heavy atom. The first-order valence-electron chi connectivity index (χ1n) is 3.88. The lowest BCUT2D eigenvalue weighted by Gasteiger charge is -1.86. The molecule has 0 rings (SSSR count). The Kier molecular flexibility index (Phi) is 7.21. The van der Waals surface area contributed by atoms with Crippen LogP contribution < -0.4 is 0 Å². The van der Waals surface area contributed by atoms with Crippen molar-refractivity contribution in [3.8, 4) is 0 Å². The van der Waals surface area contributed by atoms with E-state index >= 15 is 0 Å². The summed E-state index contributed by atoms with van der Waals surface area (Å²) in [5, 5.41) is 0. The van der Waals surface area contributed by atoms with Crippen molar-refractivity contribution in [1.29, 1.82) is 0 Å². The van der Waals surface area contributed by atoms with E-state index in [0.29, 0.717) is 6.61 Å². The van der Waals surface area contributed by atoms with Crippen molar-refractivity contribution >= 4 is 8.03 Å². The molecule has 0 fully saturated rings. The van der Waals surface area contributed by atoms with Gasteiger partial charge in [-0.1, -0.05) is 13.3 Å². The van der Waals surface area contributed by atoms with Gasteiger partial charge in [-0.25, -0.2) is 0 Å². The fourth-order valence-corrected chi connectivity index (χ4v) is 1.60. The zero-order valence-corrected chi connectivity index (χ0v) is 7.69. The van der Waals surface area contributed by atoms with Crippen LogP contribution >= 0.6 is 8.03 Å². The number of rotatable bonds is 6. The minimum absolute atomic E-state index is 0.571. The molecule has 3 heteroatoms. The fourth-order valence-electron chi connectivity index (χ4n) is 0.699. The van der Waals surface area contributed by atoms with E-state index in [1.54, 1.807) is 0 Å². The molecule has 1 unspecified atom stereocenters. The maximum absolute atomic E-state index is 10.8. The Balaban J connectivity index is 3.05. The summed E-state index contributed by atoms with van der Waals surface area (Å²) in [5.41, 5.74) is 0. The van der Waals surface area contributed by atoms with Gasteiger partial charge in [0.25, 0.3) is 0 Å². The van der Waals surface area contributed by atoms with E-state index in [1.807, 2.05) is 6.92 Å². The van der Waals surface area contributed by atoms with Crippen molar-refractivity contribution < 1.29 is 9.09 Å². The minimum Gasteiger partial charge on any atom is -0.147 e. The molecule has 0 saturated carbocycles. The molecular weight excluding hydrogens is 147 g/mol. The molecule has 0 bridgehead atoms. The maximum Gasteiger partial charge on any atom is 0.508 e. The van der Waals surface area contributed by atoms with Crippen LogP contribution in [0.25, 0.3) is 0 Å². The van der Waals surface area contributed by atoms with Crippen molar-refractivity contribution in [2.45, 2.75) is 33.1 Å². The van der Waals surface area contributed by atoms with Crippen molar-refractivity contribution in [2.24, 2.45) is 0 Å². The Morgan fingerprint density at radius 1 is 1.30 bits per heavy atom. The summed E-state index contributed by atoms with van der Waals surface area (Å²) in [7, 11) is -1.34. The van der Waals surface area contributed by atoms with Gasteiger partial charge < -0.3 is 0 Å². The molecule has 0 aliphatic carbocycles. The lowest BCUT2D eigenvalue weighted by molar-refractivity contribution is 0.349. The quantitative estimate of drug-likeness (QED) is 0.444. The minimum atomic E-state index is -1.34. The van der Waals surface area contributed by atoms with Crippen LogP contribution in [-0.4, -0.2) is 12.8 Å². The molecule has 0 aliphatic rings. The number of hydrogen-bond acceptors (Lipinski definition) is 2. The second kappa shape index (κ2) is 7.17. The van der Waals surface area contributed by atoms with Gasteiger partial charge in [-0.2, -0.15) is 0 Å². The summed E-state index contributed by atoms with van der Waals surface area (Å²) in [5.74, 6) is 0. The topological polar surface area (TPSA) is 26.3 Å². The molecule has 0 N–H and O–H groups in total. The molecule has 0 aromatic rings. The molecular formula is C7H16O2P+. The SMILES string of the molecule is CCCCC[P+](=O)OCC. The third kappa shape index (κ3) is 6.18. The van der Waals surface area contributed by atoms with Crippen molar-refractivity contribution in [3.63, 3.8) is 0 Å². The monoisotopic (exact) mass is 163 g/mol. The summed E-state index contributed by atoms with van der Waals surface area (Å²) in [4.78, 5) is 0. The first-order chi connectivity index (χ1) is 4.81. The summed E-state index contributed by atoms with van der Waals surface area (Å²) >= 11 is 0. The number of unbranched alkanes of at least 4 members (excludes halogenated alkanes) is 2. The highest BCUT2D eigenvalue weighted by molar-refractivity contribution is 7.39. The van der Waals surface area contributed by atoms with Crippen LogP contribution in [0.4, 0.5) is 0 Å². The highest BCUT2D eigenvalue weighted by atomic mass is 31.1. The van der Waals surface area contributed by atoms with Crippen LogP contribution in [0, 0.1) is 0 Å². The van der Waals surface area contributed by atoms with E-state index in [4.69, 9.17) is 4.52 Å². The van der Waals surface area contributed by atoms with Crippen LogP contribution in [0.1, 0.15) is 33.1 Å². The Bertz CT molecular complexity index is 93.6. The Labute approximate surface area is 63.8 Å². The standard InChI is InChI=1S/C7H16O2P/c1-3-5-6-7-10(8)9-4-2/h3-7H2,1-2H3/q+1. The predicted molar refractivity (Wildman–Crippen MR) is 43.6 cm³/mol. The maximum atomic E-state index is 10.8. The molecule has 0 aromatic carbocycles. The van der Waals surface area contributed by atoms with Gasteiger partial charge in [-0.3, -0.25) is 0 Å². The summed E-state index contributed by atoms with van der Waals surface area (Å²) in [6.45, 7) is 4.57. The summed E-state index contributed by atoms with van der Waals surface area (Å²) in [6, 6.07) is 0. The summed E-state index contributed by atoms with van der Waals surface area (Å²) in [6.07, 6.45) is 4.10. The van der Waals surface area contributed by atoms with Crippen LogP contribution in [-0.2, 0) is 9.09 Å². The molecule has 0 heterocycles. The van der Waals surface area contributed by atoms with Gasteiger partial charge in [0.05, 0.1) is 6.61 Å². The molecule has 0 aromatic heterocycles. The predicted octanol–water partition coefficient (Wildman–Crippen LogP) is 2.96. The van der Waals surface area contributed by atoms with E-state index in [-0.39, 0.29) is 0 Å². The van der Waals surface area contributed by atoms with E-state index in [9.17, 15) is 4.57 Å². The number of hydrogen-bond donors (Lipinski definition) is 0. The van der Waals surface area contributed by atoms with E-state index in [1.165, 1.54) is 6.42 Å². The Morgan fingerprint density at radius 3 is 2.50 bits per heavy atom. The molecule has 0 radical (unpaired) electrons. The summed E-state index contributed by atoms with van der Waals surface area (Å²) < 4.78 is 15.7.